The first-order valence-electron chi connectivity index (χ1n) is 7.93. The van der Waals surface area contributed by atoms with E-state index in [0.29, 0.717) is 6.54 Å². The minimum atomic E-state index is 0.00804. The van der Waals surface area contributed by atoms with E-state index in [2.05, 4.69) is 16.4 Å². The van der Waals surface area contributed by atoms with Crippen molar-refractivity contribution in [3.8, 4) is 5.75 Å². The Morgan fingerprint density at radius 3 is 2.92 bits per heavy atom. The fourth-order valence-electron chi connectivity index (χ4n) is 2.78. The zero-order valence-corrected chi connectivity index (χ0v) is 13.9. The summed E-state index contributed by atoms with van der Waals surface area (Å²) in [6.45, 7) is 1.55. The van der Waals surface area contributed by atoms with Crippen LogP contribution in [0.15, 0.2) is 48.5 Å². The fourth-order valence-corrected chi connectivity index (χ4v) is 3.67. The van der Waals surface area contributed by atoms with Crippen molar-refractivity contribution in [2.45, 2.75) is 6.42 Å². The van der Waals surface area contributed by atoms with Crippen LogP contribution in [-0.2, 0) is 4.79 Å². The van der Waals surface area contributed by atoms with Crippen molar-refractivity contribution < 1.29 is 9.53 Å². The molecule has 2 aromatic carbocycles. The Hall–Kier alpha value is -2.60. The molecule has 0 atom stereocenters. The normalized spacial score (nSPS) is 13.7. The van der Waals surface area contributed by atoms with E-state index < -0.39 is 0 Å². The first kappa shape index (κ1) is 15.0. The number of para-hydroxylation sites is 3. The van der Waals surface area contributed by atoms with E-state index in [0.717, 1.165) is 35.1 Å². The van der Waals surface area contributed by atoms with Crippen molar-refractivity contribution in [1.82, 2.24) is 4.98 Å². The predicted octanol–water partition coefficient (Wildman–Crippen LogP) is 3.52. The van der Waals surface area contributed by atoms with Crippen molar-refractivity contribution in [2.75, 3.05) is 29.9 Å². The zero-order chi connectivity index (χ0) is 16.4. The molecule has 1 aliphatic heterocycles. The zero-order valence-electron chi connectivity index (χ0n) is 13.1. The van der Waals surface area contributed by atoms with Crippen molar-refractivity contribution in [3.63, 3.8) is 0 Å². The van der Waals surface area contributed by atoms with Crippen LogP contribution in [-0.4, -0.2) is 30.6 Å². The Bertz CT molecular complexity index is 844. The van der Waals surface area contributed by atoms with Gasteiger partial charge in [0.2, 0.25) is 0 Å². The van der Waals surface area contributed by atoms with Crippen LogP contribution < -0.4 is 15.0 Å². The summed E-state index contributed by atoms with van der Waals surface area (Å²) in [7, 11) is 0. The number of hydrogen-bond acceptors (Lipinski definition) is 5. The lowest BCUT2D eigenvalue weighted by Crippen LogP contribution is -2.39. The van der Waals surface area contributed by atoms with Gasteiger partial charge in [0.25, 0.3) is 5.91 Å². The third-order valence-electron chi connectivity index (χ3n) is 3.94. The largest absolute Gasteiger partial charge is 0.482 e. The van der Waals surface area contributed by atoms with Gasteiger partial charge in [0.05, 0.1) is 15.9 Å². The lowest BCUT2D eigenvalue weighted by molar-refractivity contribution is -0.121. The standard InChI is InChI=1S/C18H17N3O2S/c22-17-12-23-15-8-3-2-7-14(15)21(17)11-5-10-19-18-20-13-6-1-4-9-16(13)24-18/h1-4,6-9H,5,10-12H2,(H,19,20). The molecule has 0 aliphatic carbocycles. The predicted molar refractivity (Wildman–Crippen MR) is 97.0 cm³/mol. The number of nitrogens with one attached hydrogen (secondary N) is 1. The molecule has 0 saturated heterocycles. The maximum atomic E-state index is 12.1. The van der Waals surface area contributed by atoms with E-state index in [1.807, 2.05) is 42.5 Å². The molecule has 24 heavy (non-hydrogen) atoms. The number of thiazole rings is 1. The first-order chi connectivity index (χ1) is 11.8. The van der Waals surface area contributed by atoms with Crippen molar-refractivity contribution >= 4 is 38.3 Å². The smallest absolute Gasteiger partial charge is 0.265 e. The van der Waals surface area contributed by atoms with Gasteiger partial charge in [-0.2, -0.15) is 0 Å². The Kier molecular flexibility index (Phi) is 4.04. The summed E-state index contributed by atoms with van der Waals surface area (Å²) in [5.74, 6) is 0.782. The molecule has 1 N–H and O–H groups in total. The average Bonchev–Trinajstić information content (AvgIpc) is 3.03. The summed E-state index contributed by atoms with van der Waals surface area (Å²) >= 11 is 1.65. The molecule has 0 fully saturated rings. The fraction of sp³-hybridized carbons (Fsp3) is 0.222. The van der Waals surface area contributed by atoms with Crippen LogP contribution in [0.5, 0.6) is 5.75 Å². The average molecular weight is 339 g/mol. The van der Waals surface area contributed by atoms with Crippen molar-refractivity contribution in [3.05, 3.63) is 48.5 Å². The number of anilines is 2. The number of carbonyl (C=O) groups is 1. The van der Waals surface area contributed by atoms with E-state index in [9.17, 15) is 4.79 Å². The molecular weight excluding hydrogens is 322 g/mol. The minimum Gasteiger partial charge on any atom is -0.482 e. The van der Waals surface area contributed by atoms with Gasteiger partial charge in [-0.3, -0.25) is 4.79 Å². The molecule has 4 rings (SSSR count). The molecule has 1 aromatic heterocycles. The lowest BCUT2D eigenvalue weighted by Gasteiger charge is -2.29. The van der Waals surface area contributed by atoms with Crippen LogP contribution in [0.2, 0.25) is 0 Å². The summed E-state index contributed by atoms with van der Waals surface area (Å²) in [6.07, 6.45) is 0.843. The molecular formula is C18H17N3O2S. The number of nitrogens with zero attached hydrogens (tertiary/aromatic N) is 2. The van der Waals surface area contributed by atoms with Gasteiger partial charge in [0, 0.05) is 13.1 Å². The number of amides is 1. The minimum absolute atomic E-state index is 0.00804. The van der Waals surface area contributed by atoms with Crippen LogP contribution in [0.1, 0.15) is 6.42 Å². The van der Waals surface area contributed by atoms with Gasteiger partial charge in [0.15, 0.2) is 11.7 Å². The molecule has 1 aliphatic rings. The Morgan fingerprint density at radius 1 is 1.17 bits per heavy atom. The van der Waals surface area contributed by atoms with Crippen LogP contribution in [0.3, 0.4) is 0 Å². The van der Waals surface area contributed by atoms with E-state index in [1.165, 1.54) is 4.70 Å². The summed E-state index contributed by atoms with van der Waals surface area (Å²) in [6, 6.07) is 15.8. The van der Waals surface area contributed by atoms with Gasteiger partial charge in [-0.25, -0.2) is 4.98 Å². The molecule has 6 heteroatoms. The summed E-state index contributed by atoms with van der Waals surface area (Å²) < 4.78 is 6.64. The molecule has 0 saturated carbocycles. The lowest BCUT2D eigenvalue weighted by atomic mass is 10.2. The molecule has 0 bridgehead atoms. The van der Waals surface area contributed by atoms with Gasteiger partial charge in [-0.1, -0.05) is 35.6 Å². The molecule has 0 radical (unpaired) electrons. The maximum Gasteiger partial charge on any atom is 0.265 e. The van der Waals surface area contributed by atoms with Gasteiger partial charge in [-0.15, -0.1) is 0 Å². The summed E-state index contributed by atoms with van der Waals surface area (Å²) in [5.41, 5.74) is 1.87. The molecule has 122 valence electrons. The summed E-state index contributed by atoms with van der Waals surface area (Å²) in [5, 5.41) is 4.27. The van der Waals surface area contributed by atoms with E-state index in [4.69, 9.17) is 4.74 Å². The molecule has 0 spiro atoms. The number of rotatable bonds is 5. The van der Waals surface area contributed by atoms with Crippen LogP contribution in [0, 0.1) is 0 Å². The quantitative estimate of drug-likeness (QED) is 0.723. The third kappa shape index (κ3) is 2.92. The highest BCUT2D eigenvalue weighted by Gasteiger charge is 2.24. The van der Waals surface area contributed by atoms with Gasteiger partial charge >= 0.3 is 0 Å². The van der Waals surface area contributed by atoms with Gasteiger partial charge in [-0.05, 0) is 30.7 Å². The molecule has 5 nitrogen and oxygen atoms in total. The topological polar surface area (TPSA) is 54.5 Å². The van der Waals surface area contributed by atoms with Crippen LogP contribution in [0.4, 0.5) is 10.8 Å². The second kappa shape index (κ2) is 6.49. The SMILES string of the molecule is O=C1COc2ccccc2N1CCCNc1nc2ccccc2s1. The molecule has 2 heterocycles. The molecule has 3 aromatic rings. The number of ether oxygens (including phenoxy) is 1. The number of aromatic nitrogens is 1. The van der Waals surface area contributed by atoms with Crippen molar-refractivity contribution in [2.24, 2.45) is 0 Å². The van der Waals surface area contributed by atoms with Crippen molar-refractivity contribution in [1.29, 1.82) is 0 Å². The first-order valence-corrected chi connectivity index (χ1v) is 8.74. The Morgan fingerprint density at radius 2 is 2.00 bits per heavy atom. The van der Waals surface area contributed by atoms with Gasteiger partial charge in [0.1, 0.15) is 5.75 Å². The second-order valence-corrected chi connectivity index (χ2v) is 6.60. The van der Waals surface area contributed by atoms with Crippen LogP contribution in [0.25, 0.3) is 10.2 Å². The number of hydrogen-bond donors (Lipinski definition) is 1. The maximum absolute atomic E-state index is 12.1. The highest BCUT2D eigenvalue weighted by atomic mass is 32.1. The van der Waals surface area contributed by atoms with Crippen LogP contribution >= 0.6 is 11.3 Å². The number of carbonyl (C=O) groups excluding carboxylic acids is 1. The molecule has 1 amide bonds. The highest BCUT2D eigenvalue weighted by molar-refractivity contribution is 7.22. The van der Waals surface area contributed by atoms with E-state index in [-0.39, 0.29) is 12.5 Å². The Balaban J connectivity index is 1.36. The van der Waals surface area contributed by atoms with E-state index in [1.54, 1.807) is 16.2 Å². The summed E-state index contributed by atoms with van der Waals surface area (Å²) in [4.78, 5) is 18.5. The number of fused-ring (bicyclic) bond motifs is 2. The highest BCUT2D eigenvalue weighted by Crippen LogP contribution is 2.31. The molecule has 0 unspecified atom stereocenters. The Labute approximate surface area is 143 Å². The number of benzene rings is 2. The second-order valence-electron chi connectivity index (χ2n) is 5.57. The van der Waals surface area contributed by atoms with Gasteiger partial charge < -0.3 is 15.0 Å². The monoisotopic (exact) mass is 339 g/mol. The van der Waals surface area contributed by atoms with E-state index >= 15 is 0 Å². The third-order valence-corrected chi connectivity index (χ3v) is 4.93.